The van der Waals surface area contributed by atoms with E-state index in [9.17, 15) is 0 Å². The Labute approximate surface area is 86.0 Å². The first kappa shape index (κ1) is 8.49. The third-order valence-corrected chi connectivity index (χ3v) is 4.06. The van der Waals surface area contributed by atoms with Crippen molar-refractivity contribution in [2.75, 3.05) is 20.6 Å². The van der Waals surface area contributed by atoms with Gasteiger partial charge in [0.15, 0.2) is 0 Å². The summed E-state index contributed by atoms with van der Waals surface area (Å²) in [4.78, 5) is 0. The molecule has 3 aliphatic carbocycles. The highest BCUT2D eigenvalue weighted by Crippen LogP contribution is 2.39. The largest absolute Gasteiger partial charge is 0.322 e. The molecule has 1 fully saturated rings. The molecule has 3 atom stereocenters. The van der Waals surface area contributed by atoms with Crippen molar-refractivity contribution in [1.29, 1.82) is 0 Å². The highest BCUT2D eigenvalue weighted by molar-refractivity contribution is 5.33. The molecule has 0 aromatic heterocycles. The van der Waals surface area contributed by atoms with Crippen LogP contribution in [0.3, 0.4) is 0 Å². The topological polar surface area (TPSA) is 0 Å². The van der Waals surface area contributed by atoms with Gasteiger partial charge < -0.3 is 4.48 Å². The van der Waals surface area contributed by atoms with Gasteiger partial charge in [-0.3, -0.25) is 0 Å². The second kappa shape index (κ2) is 2.60. The normalized spacial score (nSPS) is 42.1. The molecule has 0 saturated carbocycles. The van der Waals surface area contributed by atoms with Crippen LogP contribution in [0, 0.1) is 11.8 Å². The molecule has 0 radical (unpaired) electrons. The van der Waals surface area contributed by atoms with Gasteiger partial charge in [0.2, 0.25) is 0 Å². The minimum absolute atomic E-state index is 0.587. The van der Waals surface area contributed by atoms with Crippen molar-refractivity contribution in [2.45, 2.75) is 12.5 Å². The fraction of sp³-hybridized carbons (Fsp3) is 0.538. The Bertz CT molecular complexity index is 346. The lowest BCUT2D eigenvalue weighted by atomic mass is 9.81. The van der Waals surface area contributed by atoms with E-state index in [1.54, 1.807) is 5.57 Å². The first-order chi connectivity index (χ1) is 6.67. The Morgan fingerprint density at radius 2 is 1.93 bits per heavy atom. The first-order valence-corrected chi connectivity index (χ1v) is 5.57. The molecule has 1 aliphatic heterocycles. The number of likely N-dealkylation sites (tertiary alicyclic amines) is 1. The Kier molecular flexibility index (Phi) is 1.58. The van der Waals surface area contributed by atoms with Crippen LogP contribution in [-0.2, 0) is 0 Å². The summed E-state index contributed by atoms with van der Waals surface area (Å²) < 4.78 is 1.15. The first-order valence-electron chi connectivity index (χ1n) is 5.57. The number of rotatable bonds is 0. The second-order valence-corrected chi connectivity index (χ2v) is 5.36. The van der Waals surface area contributed by atoms with Crippen molar-refractivity contribution in [2.24, 2.45) is 11.8 Å². The predicted octanol–water partition coefficient (Wildman–Crippen LogP) is 2.13. The summed E-state index contributed by atoms with van der Waals surface area (Å²) in [7, 11) is 4.72. The van der Waals surface area contributed by atoms with E-state index in [0.717, 1.165) is 4.48 Å². The molecule has 74 valence electrons. The van der Waals surface area contributed by atoms with Crippen LogP contribution < -0.4 is 0 Å². The summed E-state index contributed by atoms with van der Waals surface area (Å²) in [6.07, 6.45) is 13.4. The van der Waals surface area contributed by atoms with Crippen molar-refractivity contribution in [3.8, 4) is 0 Å². The monoisotopic (exact) mass is 188 g/mol. The van der Waals surface area contributed by atoms with Gasteiger partial charge in [-0.15, -0.1) is 0 Å². The fourth-order valence-electron chi connectivity index (χ4n) is 3.08. The molecule has 4 bridgehead atoms. The zero-order valence-electron chi connectivity index (χ0n) is 8.98. The van der Waals surface area contributed by atoms with Crippen LogP contribution >= 0.6 is 0 Å². The molecule has 1 saturated heterocycles. The molecule has 0 spiro atoms. The van der Waals surface area contributed by atoms with Gasteiger partial charge in [0.1, 0.15) is 6.04 Å². The van der Waals surface area contributed by atoms with Gasteiger partial charge in [0, 0.05) is 12.3 Å². The predicted molar refractivity (Wildman–Crippen MR) is 58.7 cm³/mol. The third kappa shape index (κ3) is 1.05. The van der Waals surface area contributed by atoms with Crippen LogP contribution in [0.1, 0.15) is 6.42 Å². The van der Waals surface area contributed by atoms with E-state index < -0.39 is 0 Å². The molecule has 0 amide bonds. The highest BCUT2D eigenvalue weighted by atomic mass is 15.3. The van der Waals surface area contributed by atoms with Crippen molar-refractivity contribution < 1.29 is 4.48 Å². The number of nitrogens with zero attached hydrogens (tertiary/aromatic N) is 1. The Morgan fingerprint density at radius 3 is 2.79 bits per heavy atom. The summed E-state index contributed by atoms with van der Waals surface area (Å²) in [6, 6.07) is 0.679. The lowest BCUT2D eigenvalue weighted by Gasteiger charge is -2.45. The van der Waals surface area contributed by atoms with E-state index in [2.05, 4.69) is 44.5 Å². The van der Waals surface area contributed by atoms with Gasteiger partial charge in [-0.1, -0.05) is 29.9 Å². The van der Waals surface area contributed by atoms with E-state index >= 15 is 0 Å². The van der Waals surface area contributed by atoms with E-state index in [1.165, 1.54) is 13.0 Å². The van der Waals surface area contributed by atoms with Crippen LogP contribution in [0.2, 0.25) is 0 Å². The smallest absolute Gasteiger partial charge is 0.117 e. The molecule has 0 unspecified atom stereocenters. The summed E-state index contributed by atoms with van der Waals surface area (Å²) >= 11 is 0. The Hall–Kier alpha value is -0.820. The number of piperidine rings is 1. The second-order valence-electron chi connectivity index (χ2n) is 5.36. The fourth-order valence-corrected chi connectivity index (χ4v) is 3.08. The number of quaternary nitrogens is 1. The third-order valence-electron chi connectivity index (χ3n) is 4.06. The van der Waals surface area contributed by atoms with Gasteiger partial charge in [-0.2, -0.15) is 0 Å². The Balaban J connectivity index is 2.10. The molecule has 1 heterocycles. The number of hydrogen-bond donors (Lipinski definition) is 0. The van der Waals surface area contributed by atoms with Crippen LogP contribution in [0.4, 0.5) is 0 Å². The minimum Gasteiger partial charge on any atom is -0.322 e. The van der Waals surface area contributed by atoms with Crippen molar-refractivity contribution in [3.05, 3.63) is 36.0 Å². The van der Waals surface area contributed by atoms with Gasteiger partial charge in [0.25, 0.3) is 0 Å². The molecule has 4 aliphatic rings. The van der Waals surface area contributed by atoms with Gasteiger partial charge in [-0.05, 0) is 6.08 Å². The number of likely N-dealkylation sites (N-methyl/N-ethyl adjacent to an activating group) is 1. The molecule has 4 rings (SSSR count). The summed E-state index contributed by atoms with van der Waals surface area (Å²) in [5.74, 6) is 1.28. The van der Waals surface area contributed by atoms with Crippen LogP contribution in [0.5, 0.6) is 0 Å². The molecule has 1 heteroatoms. The molecule has 1 nitrogen and oxygen atoms in total. The highest BCUT2D eigenvalue weighted by Gasteiger charge is 2.41. The maximum atomic E-state index is 2.47. The van der Waals surface area contributed by atoms with Gasteiger partial charge in [-0.25, -0.2) is 0 Å². The average Bonchev–Trinajstić information content (AvgIpc) is 2.43. The number of allylic oxidation sites excluding steroid dienone is 3. The van der Waals surface area contributed by atoms with Crippen LogP contribution in [0.15, 0.2) is 36.0 Å². The average molecular weight is 188 g/mol. The zero-order chi connectivity index (χ0) is 9.76. The van der Waals surface area contributed by atoms with E-state index in [4.69, 9.17) is 0 Å². The zero-order valence-corrected chi connectivity index (χ0v) is 8.98. The van der Waals surface area contributed by atoms with E-state index in [1.807, 2.05) is 0 Å². The van der Waals surface area contributed by atoms with Crippen molar-refractivity contribution in [1.82, 2.24) is 0 Å². The summed E-state index contributed by atoms with van der Waals surface area (Å²) in [5, 5.41) is 0. The lowest BCUT2D eigenvalue weighted by molar-refractivity contribution is -0.914. The minimum atomic E-state index is 0.587. The van der Waals surface area contributed by atoms with Gasteiger partial charge in [0.05, 0.1) is 26.6 Å². The lowest BCUT2D eigenvalue weighted by Crippen LogP contribution is -2.55. The maximum absolute atomic E-state index is 2.47. The standard InChI is InChI=1S/C13H18N/c1-14(2)8-7-11-9-10-3-5-12(11)13(14)6-4-10/h3-6,9-10,12-13H,7-8H2,1-2H3/q+1/t10-,12-,13-/m0/s1. The van der Waals surface area contributed by atoms with Crippen LogP contribution in [0.25, 0.3) is 0 Å². The molecule has 0 N–H and O–H groups in total. The molecule has 0 aromatic carbocycles. The van der Waals surface area contributed by atoms with Crippen molar-refractivity contribution in [3.63, 3.8) is 0 Å². The molecular formula is C13H18N+. The summed E-state index contributed by atoms with van der Waals surface area (Å²) in [6.45, 7) is 1.29. The number of hydrogen-bond acceptors (Lipinski definition) is 0. The Morgan fingerprint density at radius 1 is 1.14 bits per heavy atom. The molecular weight excluding hydrogens is 170 g/mol. The van der Waals surface area contributed by atoms with E-state index in [0.29, 0.717) is 17.9 Å². The van der Waals surface area contributed by atoms with Gasteiger partial charge >= 0.3 is 0 Å². The molecule has 0 aromatic rings. The van der Waals surface area contributed by atoms with Crippen molar-refractivity contribution >= 4 is 0 Å². The quantitative estimate of drug-likeness (QED) is 0.403. The van der Waals surface area contributed by atoms with Crippen LogP contribution in [-0.4, -0.2) is 31.2 Å². The molecule has 14 heavy (non-hydrogen) atoms. The van der Waals surface area contributed by atoms with E-state index in [-0.39, 0.29) is 0 Å². The summed E-state index contributed by atoms with van der Waals surface area (Å²) in [5.41, 5.74) is 1.69. The SMILES string of the molecule is C[N+]1(C)CCC2=C[C@H]3C=C[C@@H]2[C@@H]1C=C3. The maximum Gasteiger partial charge on any atom is 0.117 e.